The van der Waals surface area contributed by atoms with E-state index < -0.39 is 0 Å². The van der Waals surface area contributed by atoms with Crippen LogP contribution in [0.5, 0.6) is 5.75 Å². The molecule has 228 valence electrons. The molecule has 0 bridgehead atoms. The lowest BCUT2D eigenvalue weighted by molar-refractivity contribution is 0.0745. The number of para-hydroxylation sites is 1. The number of hydrogen-bond donors (Lipinski definition) is 2. The minimum Gasteiger partial charge on any atom is -0.496 e. The van der Waals surface area contributed by atoms with Gasteiger partial charge in [0.25, 0.3) is 11.8 Å². The summed E-state index contributed by atoms with van der Waals surface area (Å²) in [5.41, 5.74) is 4.52. The number of rotatable bonds is 8. The quantitative estimate of drug-likeness (QED) is 0.153. The molecule has 2 heterocycles. The van der Waals surface area contributed by atoms with Gasteiger partial charge in [-0.25, -0.2) is 0 Å². The molecule has 0 saturated carbocycles. The standard InChI is InChI=1S/C32H33ClN6O5/c1-20-29(30(36-44-20)24-7-5-6-8-28(24)43-4)32(41)39-15-13-38(14-16-39)27-18-26(22(19-34-42)17-25(27)33)35-31(40)21-9-11-23(12-10-21)37(2)3/h5-12,17-19,42H,13-16H2,1-4H3,(H,35,40)/b34-19+. The van der Waals surface area contributed by atoms with E-state index in [0.29, 0.717) is 82.0 Å². The molecule has 1 saturated heterocycles. The Morgan fingerprint density at radius 2 is 1.80 bits per heavy atom. The van der Waals surface area contributed by atoms with Gasteiger partial charge in [-0.3, -0.25) is 9.59 Å². The summed E-state index contributed by atoms with van der Waals surface area (Å²) < 4.78 is 10.9. The molecule has 0 spiro atoms. The number of halogens is 1. The molecule has 0 radical (unpaired) electrons. The van der Waals surface area contributed by atoms with Crippen LogP contribution in [-0.4, -0.2) is 80.7 Å². The second-order valence-corrected chi connectivity index (χ2v) is 10.9. The molecule has 2 N–H and O–H groups in total. The lowest BCUT2D eigenvalue weighted by atomic mass is 10.0. The topological polar surface area (TPSA) is 124 Å². The minimum absolute atomic E-state index is 0.182. The number of aryl methyl sites for hydroxylation is 1. The van der Waals surface area contributed by atoms with E-state index in [0.717, 1.165) is 5.69 Å². The average molecular weight is 617 g/mol. The van der Waals surface area contributed by atoms with Crippen molar-refractivity contribution in [1.29, 1.82) is 0 Å². The zero-order valence-corrected chi connectivity index (χ0v) is 25.6. The summed E-state index contributed by atoms with van der Waals surface area (Å²) in [5, 5.41) is 19.9. The van der Waals surface area contributed by atoms with Gasteiger partial charge in [-0.1, -0.05) is 34.0 Å². The zero-order chi connectivity index (χ0) is 31.4. The van der Waals surface area contributed by atoms with Gasteiger partial charge >= 0.3 is 0 Å². The Bertz CT molecular complexity index is 1690. The van der Waals surface area contributed by atoms with Crippen LogP contribution in [0.3, 0.4) is 0 Å². The van der Waals surface area contributed by atoms with E-state index in [-0.39, 0.29) is 11.8 Å². The molecule has 0 atom stereocenters. The molecule has 5 rings (SSSR count). The predicted octanol–water partition coefficient (Wildman–Crippen LogP) is 5.40. The van der Waals surface area contributed by atoms with Crippen LogP contribution in [0.25, 0.3) is 11.3 Å². The molecule has 0 unspecified atom stereocenters. The van der Waals surface area contributed by atoms with Crippen molar-refractivity contribution in [3.8, 4) is 17.0 Å². The first kappa shape index (κ1) is 30.4. The molecule has 2 amide bonds. The molecule has 3 aromatic carbocycles. The van der Waals surface area contributed by atoms with Crippen molar-refractivity contribution in [2.75, 3.05) is 62.5 Å². The number of aromatic nitrogens is 1. The highest BCUT2D eigenvalue weighted by Crippen LogP contribution is 2.35. The van der Waals surface area contributed by atoms with Crippen molar-refractivity contribution in [3.05, 3.63) is 88.1 Å². The predicted molar refractivity (Wildman–Crippen MR) is 171 cm³/mol. The smallest absolute Gasteiger partial charge is 0.259 e. The molecule has 1 aliphatic heterocycles. The number of hydrogen-bond acceptors (Lipinski definition) is 9. The van der Waals surface area contributed by atoms with Crippen LogP contribution in [0.2, 0.25) is 5.02 Å². The number of anilines is 3. The highest BCUT2D eigenvalue weighted by molar-refractivity contribution is 6.34. The summed E-state index contributed by atoms with van der Waals surface area (Å²) in [7, 11) is 5.42. The number of ether oxygens (including phenoxy) is 1. The summed E-state index contributed by atoms with van der Waals surface area (Å²) in [6, 6.07) is 18.0. The summed E-state index contributed by atoms with van der Waals surface area (Å²) in [6.07, 6.45) is 1.22. The first-order valence-electron chi connectivity index (χ1n) is 14.0. The van der Waals surface area contributed by atoms with Gasteiger partial charge in [0.2, 0.25) is 0 Å². The molecular formula is C32H33ClN6O5. The highest BCUT2D eigenvalue weighted by atomic mass is 35.5. The Morgan fingerprint density at radius 1 is 1.09 bits per heavy atom. The first-order valence-corrected chi connectivity index (χ1v) is 14.3. The molecule has 1 aromatic heterocycles. The highest BCUT2D eigenvalue weighted by Gasteiger charge is 2.30. The van der Waals surface area contributed by atoms with Gasteiger partial charge in [-0.2, -0.15) is 0 Å². The lowest BCUT2D eigenvalue weighted by Crippen LogP contribution is -2.49. The maximum atomic E-state index is 13.7. The number of nitrogens with zero attached hydrogens (tertiary/aromatic N) is 5. The fourth-order valence-electron chi connectivity index (χ4n) is 5.16. The number of nitrogens with one attached hydrogen (secondary N) is 1. The monoisotopic (exact) mass is 616 g/mol. The number of amides is 2. The van der Waals surface area contributed by atoms with Crippen molar-refractivity contribution in [2.45, 2.75) is 6.92 Å². The Morgan fingerprint density at radius 3 is 2.45 bits per heavy atom. The van der Waals surface area contributed by atoms with Gasteiger partial charge in [-0.05, 0) is 55.5 Å². The van der Waals surface area contributed by atoms with E-state index in [2.05, 4.69) is 20.5 Å². The maximum Gasteiger partial charge on any atom is 0.259 e. The van der Waals surface area contributed by atoms with Crippen molar-refractivity contribution >= 4 is 46.7 Å². The van der Waals surface area contributed by atoms with Crippen LogP contribution in [-0.2, 0) is 0 Å². The number of carbonyl (C=O) groups excluding carboxylic acids is 2. The number of methoxy groups -OCH3 is 1. The van der Waals surface area contributed by atoms with Crippen LogP contribution < -0.4 is 19.9 Å². The molecule has 0 aliphatic carbocycles. The van der Waals surface area contributed by atoms with E-state index in [1.54, 1.807) is 43.2 Å². The van der Waals surface area contributed by atoms with Gasteiger partial charge in [0.15, 0.2) is 0 Å². The third-order valence-electron chi connectivity index (χ3n) is 7.56. The van der Waals surface area contributed by atoms with Gasteiger partial charge in [0, 0.05) is 62.7 Å². The molecule has 1 aliphatic rings. The summed E-state index contributed by atoms with van der Waals surface area (Å²) in [6.45, 7) is 3.55. The van der Waals surface area contributed by atoms with E-state index >= 15 is 0 Å². The second kappa shape index (κ2) is 13.1. The lowest BCUT2D eigenvalue weighted by Gasteiger charge is -2.36. The van der Waals surface area contributed by atoms with E-state index in [9.17, 15) is 14.8 Å². The summed E-state index contributed by atoms with van der Waals surface area (Å²) >= 11 is 6.67. The number of benzene rings is 3. The van der Waals surface area contributed by atoms with Crippen LogP contribution in [0.1, 0.15) is 32.0 Å². The van der Waals surface area contributed by atoms with Gasteiger partial charge in [-0.15, -0.1) is 0 Å². The SMILES string of the molecule is COc1ccccc1-c1noc(C)c1C(=O)N1CCN(c2cc(NC(=O)c3ccc(N(C)C)cc3)c(/C=N/O)cc2Cl)CC1. The van der Waals surface area contributed by atoms with E-state index in [4.69, 9.17) is 20.9 Å². The van der Waals surface area contributed by atoms with Gasteiger partial charge in [0.1, 0.15) is 22.8 Å². The summed E-state index contributed by atoms with van der Waals surface area (Å²) in [4.78, 5) is 32.6. The maximum absolute atomic E-state index is 13.7. The normalized spacial score (nSPS) is 13.3. The number of oxime groups is 1. The molecule has 12 heteroatoms. The van der Waals surface area contributed by atoms with E-state index in [1.807, 2.05) is 55.4 Å². The van der Waals surface area contributed by atoms with Crippen molar-refractivity contribution in [3.63, 3.8) is 0 Å². The molecule has 11 nitrogen and oxygen atoms in total. The fraction of sp³-hybridized carbons (Fsp3) is 0.250. The summed E-state index contributed by atoms with van der Waals surface area (Å²) in [5.74, 6) is 0.524. The largest absolute Gasteiger partial charge is 0.496 e. The Labute approximate surface area is 260 Å². The molecule has 4 aromatic rings. The second-order valence-electron chi connectivity index (χ2n) is 10.5. The number of piperazine rings is 1. The molecular weight excluding hydrogens is 584 g/mol. The Balaban J connectivity index is 1.34. The third kappa shape index (κ3) is 6.18. The van der Waals surface area contributed by atoms with Crippen molar-refractivity contribution in [1.82, 2.24) is 10.1 Å². The molecule has 44 heavy (non-hydrogen) atoms. The molecule has 1 fully saturated rings. The van der Waals surface area contributed by atoms with Crippen LogP contribution >= 0.6 is 11.6 Å². The Hall–Kier alpha value is -5.03. The zero-order valence-electron chi connectivity index (χ0n) is 24.9. The average Bonchev–Trinajstić information content (AvgIpc) is 3.42. The van der Waals surface area contributed by atoms with Crippen LogP contribution in [0.15, 0.2) is 70.3 Å². The van der Waals surface area contributed by atoms with Crippen molar-refractivity contribution < 1.29 is 24.1 Å². The number of carbonyl (C=O) groups is 2. The van der Waals surface area contributed by atoms with Gasteiger partial charge in [0.05, 0.1) is 29.7 Å². The fourth-order valence-corrected chi connectivity index (χ4v) is 5.45. The van der Waals surface area contributed by atoms with Crippen LogP contribution in [0.4, 0.5) is 17.1 Å². The first-order chi connectivity index (χ1) is 21.2. The van der Waals surface area contributed by atoms with Crippen LogP contribution in [0, 0.1) is 6.92 Å². The Kier molecular flexibility index (Phi) is 9.05. The van der Waals surface area contributed by atoms with Crippen molar-refractivity contribution in [2.24, 2.45) is 5.16 Å². The van der Waals surface area contributed by atoms with Gasteiger partial charge < -0.3 is 34.5 Å². The third-order valence-corrected chi connectivity index (χ3v) is 7.86. The van der Waals surface area contributed by atoms with E-state index in [1.165, 1.54) is 6.21 Å². The minimum atomic E-state index is -0.318.